The summed E-state index contributed by atoms with van der Waals surface area (Å²) >= 11 is 1.32. The van der Waals surface area contributed by atoms with Crippen LogP contribution < -0.4 is 0 Å². The van der Waals surface area contributed by atoms with Crippen LogP contribution in [0.15, 0.2) is 37.0 Å². The van der Waals surface area contributed by atoms with Gasteiger partial charge in [-0.1, -0.05) is 37.8 Å². The van der Waals surface area contributed by atoms with E-state index in [1.54, 1.807) is 12.2 Å². The van der Waals surface area contributed by atoms with Crippen molar-refractivity contribution in [2.75, 3.05) is 19.0 Å². The van der Waals surface area contributed by atoms with Crippen molar-refractivity contribution in [1.82, 2.24) is 0 Å². The molecule has 0 aromatic rings. The molecule has 0 radical (unpaired) electrons. The van der Waals surface area contributed by atoms with Gasteiger partial charge in [-0.2, -0.15) is 5.26 Å². The Bertz CT molecular complexity index is 266. The first-order valence-electron chi connectivity index (χ1n) is 5.37. The molecule has 0 aliphatic carbocycles. The van der Waals surface area contributed by atoms with Crippen LogP contribution in [-0.2, 0) is 4.74 Å². The smallest absolute Gasteiger partial charge is 0.133 e. The molecule has 0 bridgehead atoms. The molecule has 0 saturated heterocycles. The first-order valence-corrected chi connectivity index (χ1v) is 6.36. The normalized spacial score (nSPS) is 10.8. The zero-order valence-electron chi connectivity index (χ0n) is 9.65. The Morgan fingerprint density at radius 3 is 2.75 bits per heavy atom. The number of allylic oxidation sites excluding steroid dienone is 2. The lowest BCUT2D eigenvalue weighted by molar-refractivity contribution is 0.153. The fourth-order valence-corrected chi connectivity index (χ4v) is 1.56. The van der Waals surface area contributed by atoms with E-state index in [9.17, 15) is 0 Å². The fourth-order valence-electron chi connectivity index (χ4n) is 1.12. The van der Waals surface area contributed by atoms with Crippen LogP contribution in [0.4, 0.5) is 0 Å². The molecule has 0 spiro atoms. The molecule has 0 aliphatic heterocycles. The number of ether oxygens (including phenoxy) is 1. The summed E-state index contributed by atoms with van der Waals surface area (Å²) in [5.41, 5.74) is 1.05. The number of thioether (sulfide) groups is 1. The van der Waals surface area contributed by atoms with Crippen LogP contribution >= 0.6 is 11.8 Å². The minimum absolute atomic E-state index is 0.600. The van der Waals surface area contributed by atoms with E-state index in [1.807, 2.05) is 6.08 Å². The fraction of sp³-hybridized carbons (Fsp3) is 0.462. The van der Waals surface area contributed by atoms with Gasteiger partial charge in [0.1, 0.15) is 5.40 Å². The van der Waals surface area contributed by atoms with Gasteiger partial charge in [-0.05, 0) is 30.2 Å². The second-order valence-electron chi connectivity index (χ2n) is 3.23. The van der Waals surface area contributed by atoms with Crippen molar-refractivity contribution in [1.29, 1.82) is 5.26 Å². The monoisotopic (exact) mass is 237 g/mol. The SMILES string of the molecule is C=C/C=C(\C=C)COCCCCCSC#N. The molecule has 0 aromatic heterocycles. The average molecular weight is 237 g/mol. The molecule has 0 fully saturated rings. The largest absolute Gasteiger partial charge is 0.377 e. The van der Waals surface area contributed by atoms with E-state index in [2.05, 4.69) is 18.6 Å². The third kappa shape index (κ3) is 9.57. The predicted molar refractivity (Wildman–Crippen MR) is 71.2 cm³/mol. The number of rotatable bonds is 10. The predicted octanol–water partition coefficient (Wildman–Crippen LogP) is 3.69. The summed E-state index contributed by atoms with van der Waals surface area (Å²) in [7, 11) is 0. The van der Waals surface area contributed by atoms with Gasteiger partial charge < -0.3 is 4.74 Å². The maximum Gasteiger partial charge on any atom is 0.133 e. The van der Waals surface area contributed by atoms with Gasteiger partial charge in [0.15, 0.2) is 0 Å². The van der Waals surface area contributed by atoms with Gasteiger partial charge in [-0.15, -0.1) is 0 Å². The van der Waals surface area contributed by atoms with Gasteiger partial charge in [-0.3, -0.25) is 0 Å². The molecule has 88 valence electrons. The summed E-state index contributed by atoms with van der Waals surface area (Å²) < 4.78 is 5.49. The lowest BCUT2D eigenvalue weighted by Crippen LogP contribution is -1.98. The number of thiocyanates is 1. The lowest BCUT2D eigenvalue weighted by Gasteiger charge is -2.04. The van der Waals surface area contributed by atoms with Crippen LogP contribution in [0.25, 0.3) is 0 Å². The first-order chi connectivity index (χ1) is 7.85. The third-order valence-electron chi connectivity index (χ3n) is 1.96. The molecular weight excluding hydrogens is 218 g/mol. The van der Waals surface area contributed by atoms with Gasteiger partial charge in [0.25, 0.3) is 0 Å². The average Bonchev–Trinajstić information content (AvgIpc) is 2.31. The number of hydrogen-bond acceptors (Lipinski definition) is 3. The molecule has 0 aromatic carbocycles. The zero-order chi connectivity index (χ0) is 12.1. The Hall–Kier alpha value is -0.980. The molecule has 0 saturated carbocycles. The van der Waals surface area contributed by atoms with E-state index in [4.69, 9.17) is 10.00 Å². The highest BCUT2D eigenvalue weighted by Crippen LogP contribution is 2.05. The Kier molecular flexibility index (Phi) is 11.4. The van der Waals surface area contributed by atoms with Crippen molar-refractivity contribution in [3.8, 4) is 5.40 Å². The maximum atomic E-state index is 8.31. The maximum absolute atomic E-state index is 8.31. The van der Waals surface area contributed by atoms with Crippen LogP contribution in [0.1, 0.15) is 19.3 Å². The van der Waals surface area contributed by atoms with Crippen LogP contribution in [0.2, 0.25) is 0 Å². The molecular formula is C13H19NOS. The lowest BCUT2D eigenvalue weighted by atomic mass is 10.2. The van der Waals surface area contributed by atoms with Crippen LogP contribution in [0.5, 0.6) is 0 Å². The van der Waals surface area contributed by atoms with Gasteiger partial charge >= 0.3 is 0 Å². The van der Waals surface area contributed by atoms with Gasteiger partial charge in [-0.25, -0.2) is 0 Å². The van der Waals surface area contributed by atoms with Crippen molar-refractivity contribution in [2.24, 2.45) is 0 Å². The number of nitriles is 1. The van der Waals surface area contributed by atoms with Crippen molar-refractivity contribution in [3.05, 3.63) is 37.0 Å². The summed E-state index contributed by atoms with van der Waals surface area (Å²) in [5, 5.41) is 10.4. The Balaban J connectivity index is 3.33. The Morgan fingerprint density at radius 1 is 1.31 bits per heavy atom. The standard InChI is InChI=1S/C13H19NOS/c1-3-8-13(4-2)11-15-9-6-5-7-10-16-12-14/h3-4,8H,1-2,5-7,9-11H2/b13-8+. The van der Waals surface area contributed by atoms with Crippen molar-refractivity contribution >= 4 is 11.8 Å². The summed E-state index contributed by atoms with van der Waals surface area (Å²) in [4.78, 5) is 0. The molecule has 16 heavy (non-hydrogen) atoms. The van der Waals surface area contributed by atoms with Crippen molar-refractivity contribution in [2.45, 2.75) is 19.3 Å². The van der Waals surface area contributed by atoms with E-state index < -0.39 is 0 Å². The van der Waals surface area contributed by atoms with Crippen molar-refractivity contribution in [3.63, 3.8) is 0 Å². The van der Waals surface area contributed by atoms with E-state index >= 15 is 0 Å². The summed E-state index contributed by atoms with van der Waals surface area (Å²) in [5.74, 6) is 0.921. The van der Waals surface area contributed by atoms with Crippen LogP contribution in [0.3, 0.4) is 0 Å². The molecule has 3 heteroatoms. The Morgan fingerprint density at radius 2 is 2.12 bits per heavy atom. The van der Waals surface area contributed by atoms with Gasteiger partial charge in [0, 0.05) is 12.4 Å². The number of unbranched alkanes of at least 4 members (excludes halogenated alkanes) is 2. The summed E-state index contributed by atoms with van der Waals surface area (Å²) in [6, 6.07) is 0. The van der Waals surface area contributed by atoms with Crippen molar-refractivity contribution < 1.29 is 4.74 Å². The van der Waals surface area contributed by atoms with E-state index in [0.717, 1.165) is 37.2 Å². The van der Waals surface area contributed by atoms with Gasteiger partial charge in [0.05, 0.1) is 6.61 Å². The van der Waals surface area contributed by atoms with E-state index in [0.29, 0.717) is 6.61 Å². The second-order valence-corrected chi connectivity index (χ2v) is 4.11. The molecule has 0 atom stereocenters. The highest BCUT2D eigenvalue weighted by molar-refractivity contribution is 8.03. The molecule has 0 amide bonds. The zero-order valence-corrected chi connectivity index (χ0v) is 10.5. The second kappa shape index (κ2) is 12.1. The molecule has 0 aliphatic rings. The molecule has 0 unspecified atom stereocenters. The molecule has 0 N–H and O–H groups in total. The number of hydrogen-bond donors (Lipinski definition) is 0. The summed E-state index contributed by atoms with van der Waals surface area (Å²) in [6.45, 7) is 8.69. The minimum atomic E-state index is 0.600. The van der Waals surface area contributed by atoms with E-state index in [1.165, 1.54) is 11.8 Å². The minimum Gasteiger partial charge on any atom is -0.377 e. The van der Waals surface area contributed by atoms with Gasteiger partial charge in [0.2, 0.25) is 0 Å². The van der Waals surface area contributed by atoms with Crippen LogP contribution in [-0.4, -0.2) is 19.0 Å². The quantitative estimate of drug-likeness (QED) is 0.330. The van der Waals surface area contributed by atoms with Crippen LogP contribution in [0, 0.1) is 10.7 Å². The molecule has 0 rings (SSSR count). The third-order valence-corrected chi connectivity index (χ3v) is 2.58. The molecule has 0 heterocycles. The number of nitrogens with zero attached hydrogens (tertiary/aromatic N) is 1. The highest BCUT2D eigenvalue weighted by Gasteiger charge is 1.93. The highest BCUT2D eigenvalue weighted by atomic mass is 32.2. The summed E-state index contributed by atoms with van der Waals surface area (Å²) in [6.07, 6.45) is 8.66. The molecule has 2 nitrogen and oxygen atoms in total. The van der Waals surface area contributed by atoms with E-state index in [-0.39, 0.29) is 0 Å². The topological polar surface area (TPSA) is 33.0 Å². The Labute approximate surface area is 103 Å². The first kappa shape index (κ1) is 15.0.